The monoisotopic (exact) mass is 336 g/mol. The molecule has 0 heterocycles. The molecule has 0 saturated carbocycles. The van der Waals surface area contributed by atoms with Crippen LogP contribution in [0.2, 0.25) is 0 Å². The fourth-order valence-electron chi connectivity index (χ4n) is 0.612. The van der Waals surface area contributed by atoms with Crippen molar-refractivity contribution in [3.8, 4) is 0 Å². The van der Waals surface area contributed by atoms with Gasteiger partial charge in [-0.05, 0) is 19.3 Å². The summed E-state index contributed by atoms with van der Waals surface area (Å²) in [7, 11) is 0. The number of rotatable bonds is 6. The first-order valence-corrected chi connectivity index (χ1v) is 5.91. The topological polar surface area (TPSA) is 120 Å². The molecule has 0 saturated heterocycles. The molecule has 7 heteroatoms. The average Bonchev–Trinajstić information content (AvgIpc) is 2.18. The third-order valence-corrected chi connectivity index (χ3v) is 1.36. The molecule has 0 atom stereocenters. The SMILES string of the molecule is CCCC(=O)[O-].CCCC(=O)[O-].CCCC(=O)[O-].[As+3]. The molecular weight excluding hydrogens is 315 g/mol. The predicted molar refractivity (Wildman–Crippen MR) is 65.5 cm³/mol. The van der Waals surface area contributed by atoms with Crippen molar-refractivity contribution >= 4 is 35.9 Å². The second-order valence-corrected chi connectivity index (χ2v) is 3.37. The molecule has 0 aliphatic heterocycles. The summed E-state index contributed by atoms with van der Waals surface area (Å²) in [6.07, 6.45) is 2.55. The van der Waals surface area contributed by atoms with Gasteiger partial charge in [0.15, 0.2) is 0 Å². The van der Waals surface area contributed by atoms with Crippen LogP contribution in [0.25, 0.3) is 0 Å². The Hall–Kier alpha value is -1.03. The summed E-state index contributed by atoms with van der Waals surface area (Å²) in [5, 5.41) is 28.5. The van der Waals surface area contributed by atoms with Crippen molar-refractivity contribution in [3.63, 3.8) is 0 Å². The standard InChI is InChI=1S/3C4H8O2.As/c3*1-2-3-4(5)6;/h3*2-3H2,1H3,(H,5,6);/q;;;+3/p-3. The minimum Gasteiger partial charge on any atom is -0.550 e. The molecule has 0 aliphatic rings. The first-order chi connectivity index (χ1) is 8.31. The van der Waals surface area contributed by atoms with Crippen LogP contribution in [0.5, 0.6) is 0 Å². The number of carboxylic acid groups (broad SMARTS) is 3. The molecule has 0 spiro atoms. The quantitative estimate of drug-likeness (QED) is 0.529. The molecule has 0 rings (SSSR count). The summed E-state index contributed by atoms with van der Waals surface area (Å²) in [6, 6.07) is 0. The van der Waals surface area contributed by atoms with Crippen LogP contribution in [0.3, 0.4) is 0 Å². The van der Waals surface area contributed by atoms with E-state index in [1.54, 1.807) is 20.8 Å². The normalized spacial score (nSPS) is 7.74. The van der Waals surface area contributed by atoms with Crippen molar-refractivity contribution in [2.45, 2.75) is 59.3 Å². The van der Waals surface area contributed by atoms with Gasteiger partial charge in [0.25, 0.3) is 0 Å². The van der Waals surface area contributed by atoms with E-state index in [0.29, 0.717) is 19.3 Å². The summed E-state index contributed by atoms with van der Waals surface area (Å²) in [5.41, 5.74) is 0. The van der Waals surface area contributed by atoms with Gasteiger partial charge in [0.1, 0.15) is 0 Å². The van der Waals surface area contributed by atoms with Crippen LogP contribution >= 0.6 is 0 Å². The van der Waals surface area contributed by atoms with Crippen LogP contribution in [0.1, 0.15) is 59.3 Å². The van der Waals surface area contributed by atoms with E-state index in [4.69, 9.17) is 0 Å². The van der Waals surface area contributed by atoms with Gasteiger partial charge in [0.05, 0.1) is 0 Å². The van der Waals surface area contributed by atoms with Crippen LogP contribution in [0.15, 0.2) is 0 Å². The van der Waals surface area contributed by atoms with E-state index in [2.05, 4.69) is 0 Å². The van der Waals surface area contributed by atoms with E-state index in [9.17, 15) is 29.7 Å². The van der Waals surface area contributed by atoms with E-state index >= 15 is 0 Å². The van der Waals surface area contributed by atoms with Crippen LogP contribution < -0.4 is 15.3 Å². The molecule has 0 unspecified atom stereocenters. The van der Waals surface area contributed by atoms with Crippen LogP contribution in [-0.4, -0.2) is 35.9 Å². The number of carboxylic acids is 3. The van der Waals surface area contributed by atoms with Crippen molar-refractivity contribution in [1.82, 2.24) is 0 Å². The first kappa shape index (κ1) is 26.5. The van der Waals surface area contributed by atoms with E-state index in [-0.39, 0.29) is 37.2 Å². The fraction of sp³-hybridized carbons (Fsp3) is 0.750. The summed E-state index contributed by atoms with van der Waals surface area (Å²) in [5.74, 6) is -2.88. The second-order valence-electron chi connectivity index (χ2n) is 3.37. The molecule has 6 nitrogen and oxygen atoms in total. The molecule has 0 amide bonds. The largest absolute Gasteiger partial charge is 3.00 e. The first-order valence-electron chi connectivity index (χ1n) is 5.91. The molecule has 0 fully saturated rings. The van der Waals surface area contributed by atoms with Gasteiger partial charge >= 0.3 is 18.0 Å². The molecule has 19 heavy (non-hydrogen) atoms. The van der Waals surface area contributed by atoms with Gasteiger partial charge in [-0.25, -0.2) is 0 Å². The van der Waals surface area contributed by atoms with Gasteiger partial charge in [-0.2, -0.15) is 0 Å². The molecule has 0 aromatic heterocycles. The Morgan fingerprint density at radius 3 is 0.789 bits per heavy atom. The number of carbonyl (C=O) groups excluding carboxylic acids is 3. The van der Waals surface area contributed by atoms with E-state index in [0.717, 1.165) is 0 Å². The molecule has 0 N–H and O–H groups in total. The zero-order valence-corrected chi connectivity index (χ0v) is 13.5. The van der Waals surface area contributed by atoms with Gasteiger partial charge < -0.3 is 29.7 Å². The zero-order chi connectivity index (χ0) is 15.0. The molecule has 0 aromatic rings. The Kier molecular flexibility index (Phi) is 30.9. The Morgan fingerprint density at radius 1 is 0.632 bits per heavy atom. The van der Waals surface area contributed by atoms with Gasteiger partial charge in [-0.3, -0.25) is 0 Å². The van der Waals surface area contributed by atoms with Crippen molar-refractivity contribution < 1.29 is 29.7 Å². The third kappa shape index (κ3) is 59.9. The van der Waals surface area contributed by atoms with Crippen LogP contribution in [0.4, 0.5) is 0 Å². The second kappa shape index (κ2) is 22.2. The molecule has 0 aromatic carbocycles. The Morgan fingerprint density at radius 2 is 0.789 bits per heavy atom. The number of carbonyl (C=O) groups is 3. The Bertz CT molecular complexity index is 192. The van der Waals surface area contributed by atoms with Crippen molar-refractivity contribution in [2.24, 2.45) is 0 Å². The number of hydrogen-bond acceptors (Lipinski definition) is 6. The van der Waals surface area contributed by atoms with Crippen LogP contribution in [-0.2, 0) is 14.4 Å². The van der Waals surface area contributed by atoms with E-state index < -0.39 is 17.9 Å². The van der Waals surface area contributed by atoms with Gasteiger partial charge in [-0.15, -0.1) is 0 Å². The molecule has 0 bridgehead atoms. The van der Waals surface area contributed by atoms with Gasteiger partial charge in [0, 0.05) is 17.9 Å². The summed E-state index contributed by atoms with van der Waals surface area (Å²) >= 11 is 0. The van der Waals surface area contributed by atoms with E-state index in [1.807, 2.05) is 0 Å². The molecule has 2 radical (unpaired) electrons. The zero-order valence-electron chi connectivity index (χ0n) is 11.6. The molecular formula is C12H21AsO6. The number of hydrogen-bond donors (Lipinski definition) is 0. The maximum atomic E-state index is 9.49. The maximum Gasteiger partial charge on any atom is 3.00 e. The predicted octanol–water partition coefficient (Wildman–Crippen LogP) is -1.77. The maximum absolute atomic E-state index is 9.49. The average molecular weight is 336 g/mol. The third-order valence-electron chi connectivity index (χ3n) is 1.36. The van der Waals surface area contributed by atoms with Crippen LogP contribution in [0, 0.1) is 0 Å². The van der Waals surface area contributed by atoms with E-state index in [1.165, 1.54) is 0 Å². The Balaban J connectivity index is -0.0000000865. The minimum atomic E-state index is -0.961. The van der Waals surface area contributed by atoms with Gasteiger partial charge in [0.2, 0.25) is 0 Å². The summed E-state index contributed by atoms with van der Waals surface area (Å²) < 4.78 is 0. The van der Waals surface area contributed by atoms with Gasteiger partial charge in [-0.1, -0.05) is 40.0 Å². The molecule has 0 aliphatic carbocycles. The Labute approximate surface area is 125 Å². The molecule has 110 valence electrons. The minimum absolute atomic E-state index is 0. The smallest absolute Gasteiger partial charge is 0.550 e. The fourth-order valence-corrected chi connectivity index (χ4v) is 0.612. The van der Waals surface area contributed by atoms with Crippen molar-refractivity contribution in [3.05, 3.63) is 0 Å². The number of aliphatic carboxylic acids is 3. The summed E-state index contributed by atoms with van der Waals surface area (Å²) in [4.78, 5) is 28.5. The van der Waals surface area contributed by atoms with Crippen molar-refractivity contribution in [1.29, 1.82) is 0 Å². The summed E-state index contributed by atoms with van der Waals surface area (Å²) in [6.45, 7) is 5.40. The van der Waals surface area contributed by atoms with Crippen molar-refractivity contribution in [2.75, 3.05) is 0 Å².